The van der Waals surface area contributed by atoms with E-state index in [1.165, 1.54) is 0 Å². The van der Waals surface area contributed by atoms with Gasteiger partial charge in [-0.25, -0.2) is 9.97 Å². The summed E-state index contributed by atoms with van der Waals surface area (Å²) in [5.74, 6) is 0.559. The van der Waals surface area contributed by atoms with E-state index < -0.39 is 0 Å². The van der Waals surface area contributed by atoms with E-state index in [2.05, 4.69) is 20.5 Å². The standard InChI is InChI=1S/C19H19N5O/c1-12-10-17(24-23-12)19(25)22-16-9-5-8-15-14(16)11-20-18(21-15)13-6-3-2-4-7-13/h2-4,6-7,10-11,16H,5,8-9H2,1H3,(H,22,25)(H,23,24)/t16-/m1/s1. The molecule has 1 aromatic carbocycles. The Labute approximate surface area is 145 Å². The molecular formula is C19H19N5O. The maximum atomic E-state index is 12.4. The first-order valence-electron chi connectivity index (χ1n) is 8.45. The topological polar surface area (TPSA) is 83.6 Å². The van der Waals surface area contributed by atoms with Crippen LogP contribution in [0.2, 0.25) is 0 Å². The van der Waals surface area contributed by atoms with E-state index in [9.17, 15) is 4.79 Å². The molecule has 0 fully saturated rings. The van der Waals surface area contributed by atoms with Gasteiger partial charge in [-0.15, -0.1) is 0 Å². The second kappa shape index (κ2) is 6.47. The fourth-order valence-electron chi connectivity index (χ4n) is 3.19. The molecule has 25 heavy (non-hydrogen) atoms. The first kappa shape index (κ1) is 15.5. The molecule has 1 aliphatic rings. The van der Waals surface area contributed by atoms with Gasteiger partial charge in [-0.1, -0.05) is 30.3 Å². The van der Waals surface area contributed by atoms with Crippen molar-refractivity contribution >= 4 is 5.91 Å². The fraction of sp³-hybridized carbons (Fsp3) is 0.263. The van der Waals surface area contributed by atoms with E-state index in [4.69, 9.17) is 4.98 Å². The van der Waals surface area contributed by atoms with Crippen LogP contribution in [0.5, 0.6) is 0 Å². The van der Waals surface area contributed by atoms with Crippen LogP contribution >= 0.6 is 0 Å². The van der Waals surface area contributed by atoms with Gasteiger partial charge in [0.2, 0.25) is 0 Å². The highest BCUT2D eigenvalue weighted by Crippen LogP contribution is 2.29. The first-order chi connectivity index (χ1) is 12.2. The minimum absolute atomic E-state index is 0.0712. The molecule has 1 aliphatic carbocycles. The largest absolute Gasteiger partial charge is 0.344 e. The molecule has 126 valence electrons. The van der Waals surface area contributed by atoms with Crippen molar-refractivity contribution in [2.45, 2.75) is 32.2 Å². The molecule has 6 heteroatoms. The molecule has 0 unspecified atom stereocenters. The summed E-state index contributed by atoms with van der Waals surface area (Å²) in [6, 6.07) is 11.6. The molecule has 0 spiro atoms. The van der Waals surface area contributed by atoms with Gasteiger partial charge in [-0.05, 0) is 32.3 Å². The molecule has 4 rings (SSSR count). The van der Waals surface area contributed by atoms with Crippen molar-refractivity contribution in [3.63, 3.8) is 0 Å². The minimum Gasteiger partial charge on any atom is -0.344 e. The Bertz CT molecular complexity index is 903. The van der Waals surface area contributed by atoms with Crippen LogP contribution in [-0.2, 0) is 6.42 Å². The van der Waals surface area contributed by atoms with Gasteiger partial charge in [0.25, 0.3) is 5.91 Å². The van der Waals surface area contributed by atoms with Crippen LogP contribution in [0, 0.1) is 6.92 Å². The van der Waals surface area contributed by atoms with Crippen LogP contribution in [-0.4, -0.2) is 26.1 Å². The summed E-state index contributed by atoms with van der Waals surface area (Å²) < 4.78 is 0. The quantitative estimate of drug-likeness (QED) is 0.772. The Balaban J connectivity index is 1.59. The summed E-state index contributed by atoms with van der Waals surface area (Å²) in [4.78, 5) is 21.6. The van der Waals surface area contributed by atoms with E-state index in [1.807, 2.05) is 43.5 Å². The van der Waals surface area contributed by atoms with Crippen LogP contribution in [0.15, 0.2) is 42.6 Å². The van der Waals surface area contributed by atoms with Crippen molar-refractivity contribution in [1.82, 2.24) is 25.5 Å². The lowest BCUT2D eigenvalue weighted by Gasteiger charge is -2.25. The number of fused-ring (bicyclic) bond motifs is 1. The number of benzene rings is 1. The van der Waals surface area contributed by atoms with Crippen LogP contribution < -0.4 is 5.32 Å². The van der Waals surface area contributed by atoms with E-state index in [0.29, 0.717) is 5.69 Å². The molecule has 0 saturated carbocycles. The zero-order chi connectivity index (χ0) is 17.2. The van der Waals surface area contributed by atoms with Crippen LogP contribution in [0.25, 0.3) is 11.4 Å². The molecule has 0 aliphatic heterocycles. The number of nitrogens with one attached hydrogen (secondary N) is 2. The van der Waals surface area contributed by atoms with Gasteiger partial charge in [0.15, 0.2) is 5.82 Å². The number of aromatic amines is 1. The Morgan fingerprint density at radius 1 is 1.28 bits per heavy atom. The highest BCUT2D eigenvalue weighted by molar-refractivity contribution is 5.92. The third-order valence-electron chi connectivity index (χ3n) is 4.46. The predicted octanol–water partition coefficient (Wildman–Crippen LogP) is 2.98. The second-order valence-electron chi connectivity index (χ2n) is 6.32. The number of hydrogen-bond acceptors (Lipinski definition) is 4. The van der Waals surface area contributed by atoms with E-state index in [-0.39, 0.29) is 11.9 Å². The van der Waals surface area contributed by atoms with Gasteiger partial charge in [0.1, 0.15) is 5.69 Å². The Morgan fingerprint density at radius 3 is 2.88 bits per heavy atom. The SMILES string of the molecule is Cc1cc(C(=O)N[C@@H]2CCCc3nc(-c4ccccc4)ncc32)n[nH]1. The number of hydrogen-bond donors (Lipinski definition) is 2. The lowest BCUT2D eigenvalue weighted by atomic mass is 9.92. The summed E-state index contributed by atoms with van der Waals surface area (Å²) >= 11 is 0. The third kappa shape index (κ3) is 3.15. The van der Waals surface area contributed by atoms with Crippen molar-refractivity contribution < 1.29 is 4.79 Å². The number of H-pyrrole nitrogens is 1. The summed E-state index contributed by atoms with van der Waals surface area (Å²) in [7, 11) is 0. The number of aryl methyl sites for hydroxylation is 2. The van der Waals surface area contributed by atoms with Crippen molar-refractivity contribution in [3.8, 4) is 11.4 Å². The maximum Gasteiger partial charge on any atom is 0.272 e. The van der Waals surface area contributed by atoms with Crippen molar-refractivity contribution in [2.24, 2.45) is 0 Å². The van der Waals surface area contributed by atoms with Gasteiger partial charge in [-0.3, -0.25) is 9.89 Å². The Morgan fingerprint density at radius 2 is 2.12 bits per heavy atom. The number of carbonyl (C=O) groups is 1. The number of amides is 1. The molecule has 2 aromatic heterocycles. The number of rotatable bonds is 3. The van der Waals surface area contributed by atoms with Gasteiger partial charge in [0, 0.05) is 28.7 Å². The number of nitrogens with zero attached hydrogens (tertiary/aromatic N) is 3. The molecule has 1 atom stereocenters. The molecule has 0 saturated heterocycles. The first-order valence-corrected chi connectivity index (χ1v) is 8.45. The van der Waals surface area contributed by atoms with Gasteiger partial charge in [-0.2, -0.15) is 5.10 Å². The monoisotopic (exact) mass is 333 g/mol. The van der Waals surface area contributed by atoms with Gasteiger partial charge in [0.05, 0.1) is 6.04 Å². The number of carbonyl (C=O) groups excluding carboxylic acids is 1. The molecule has 3 aromatic rings. The zero-order valence-corrected chi connectivity index (χ0v) is 14.0. The van der Waals surface area contributed by atoms with E-state index in [0.717, 1.165) is 47.6 Å². The average Bonchev–Trinajstić information content (AvgIpc) is 3.09. The van der Waals surface area contributed by atoms with Crippen LogP contribution in [0.4, 0.5) is 0 Å². The normalized spacial score (nSPS) is 16.3. The van der Waals surface area contributed by atoms with Crippen LogP contribution in [0.1, 0.15) is 46.3 Å². The molecule has 2 heterocycles. The average molecular weight is 333 g/mol. The predicted molar refractivity (Wildman–Crippen MR) is 93.9 cm³/mol. The molecule has 6 nitrogen and oxygen atoms in total. The highest BCUT2D eigenvalue weighted by Gasteiger charge is 2.25. The molecule has 1 amide bonds. The lowest BCUT2D eigenvalue weighted by Crippen LogP contribution is -2.31. The minimum atomic E-state index is -0.172. The van der Waals surface area contributed by atoms with Crippen LogP contribution in [0.3, 0.4) is 0 Å². The van der Waals surface area contributed by atoms with Gasteiger partial charge < -0.3 is 5.32 Å². The van der Waals surface area contributed by atoms with Crippen molar-refractivity contribution in [1.29, 1.82) is 0 Å². The Kier molecular flexibility index (Phi) is 4.01. The van der Waals surface area contributed by atoms with E-state index in [1.54, 1.807) is 6.07 Å². The van der Waals surface area contributed by atoms with Crippen molar-refractivity contribution in [2.75, 3.05) is 0 Å². The van der Waals surface area contributed by atoms with Gasteiger partial charge >= 0.3 is 0 Å². The summed E-state index contributed by atoms with van der Waals surface area (Å²) in [5.41, 5.74) is 4.30. The molecule has 0 bridgehead atoms. The molecule has 2 N–H and O–H groups in total. The third-order valence-corrected chi connectivity index (χ3v) is 4.46. The lowest BCUT2D eigenvalue weighted by molar-refractivity contribution is 0.0927. The summed E-state index contributed by atoms with van der Waals surface area (Å²) in [5, 5.41) is 9.88. The number of aromatic nitrogens is 4. The maximum absolute atomic E-state index is 12.4. The Hall–Kier alpha value is -3.02. The molecule has 0 radical (unpaired) electrons. The fourth-order valence-corrected chi connectivity index (χ4v) is 3.19. The second-order valence-corrected chi connectivity index (χ2v) is 6.32. The smallest absolute Gasteiger partial charge is 0.272 e. The zero-order valence-electron chi connectivity index (χ0n) is 14.0. The summed E-state index contributed by atoms with van der Waals surface area (Å²) in [6.45, 7) is 1.87. The molecular weight excluding hydrogens is 314 g/mol. The highest BCUT2D eigenvalue weighted by atomic mass is 16.2. The van der Waals surface area contributed by atoms with Crippen molar-refractivity contribution in [3.05, 3.63) is 65.2 Å². The van der Waals surface area contributed by atoms with E-state index >= 15 is 0 Å². The summed E-state index contributed by atoms with van der Waals surface area (Å²) in [6.07, 6.45) is 4.63.